The van der Waals surface area contributed by atoms with Crippen molar-refractivity contribution in [3.05, 3.63) is 92.9 Å². The van der Waals surface area contributed by atoms with E-state index in [0.29, 0.717) is 20.6 Å². The Morgan fingerprint density at radius 2 is 1.51 bits per heavy atom. The summed E-state index contributed by atoms with van der Waals surface area (Å²) >= 11 is 19.1. The van der Waals surface area contributed by atoms with Crippen LogP contribution in [0.15, 0.2) is 71.6 Å². The van der Waals surface area contributed by atoms with Gasteiger partial charge in [0.1, 0.15) is 12.6 Å². The molecule has 11 heteroatoms. The molecule has 0 heterocycles. The molecular weight excluding hydrogens is 605 g/mol. The van der Waals surface area contributed by atoms with Crippen molar-refractivity contribution in [2.24, 2.45) is 0 Å². The molecule has 0 bridgehead atoms. The lowest BCUT2D eigenvalue weighted by molar-refractivity contribution is -0.141. The molecular formula is C30H34Cl3N3O4S. The summed E-state index contributed by atoms with van der Waals surface area (Å²) in [5.41, 5.74) is 0.965. The number of amides is 2. The van der Waals surface area contributed by atoms with E-state index in [1.165, 1.54) is 23.1 Å². The van der Waals surface area contributed by atoms with E-state index in [-0.39, 0.29) is 29.5 Å². The third-order valence-electron chi connectivity index (χ3n) is 6.26. The summed E-state index contributed by atoms with van der Waals surface area (Å²) in [5.74, 6) is -1.00. The fourth-order valence-electron chi connectivity index (χ4n) is 4.22. The second kappa shape index (κ2) is 13.5. The number of aryl methyl sites for hydroxylation is 1. The van der Waals surface area contributed by atoms with Crippen LogP contribution in [-0.2, 0) is 26.2 Å². The quantitative estimate of drug-likeness (QED) is 0.263. The van der Waals surface area contributed by atoms with Crippen LogP contribution in [-0.4, -0.2) is 43.3 Å². The van der Waals surface area contributed by atoms with Gasteiger partial charge in [0.2, 0.25) is 11.8 Å². The van der Waals surface area contributed by atoms with Crippen LogP contribution >= 0.6 is 34.8 Å². The second-order valence-electron chi connectivity index (χ2n) is 10.7. The SMILES string of the molecule is CC[C@@H](C(=O)NC(C)(C)C)N(Cc1c(Cl)cccc1Cl)C(=O)CN(c1cccc(Cl)c1)S(=O)(=O)c1ccc(C)cc1. The number of nitrogens with one attached hydrogen (secondary N) is 1. The van der Waals surface area contributed by atoms with Gasteiger partial charge in [-0.3, -0.25) is 13.9 Å². The van der Waals surface area contributed by atoms with Crippen molar-refractivity contribution in [2.75, 3.05) is 10.8 Å². The van der Waals surface area contributed by atoms with Gasteiger partial charge in [0, 0.05) is 32.7 Å². The highest BCUT2D eigenvalue weighted by molar-refractivity contribution is 7.92. The second-order valence-corrected chi connectivity index (χ2v) is 13.8. The van der Waals surface area contributed by atoms with Gasteiger partial charge in [-0.2, -0.15) is 0 Å². The van der Waals surface area contributed by atoms with E-state index in [1.54, 1.807) is 55.5 Å². The number of benzene rings is 3. The van der Waals surface area contributed by atoms with Crippen LogP contribution in [0, 0.1) is 6.92 Å². The Morgan fingerprint density at radius 1 is 0.927 bits per heavy atom. The Hall–Kier alpha value is -2.78. The predicted octanol–water partition coefficient (Wildman–Crippen LogP) is 6.87. The van der Waals surface area contributed by atoms with E-state index in [0.717, 1.165) is 9.87 Å². The summed E-state index contributed by atoms with van der Waals surface area (Å²) in [5, 5.41) is 3.87. The van der Waals surface area contributed by atoms with Gasteiger partial charge >= 0.3 is 0 Å². The molecule has 0 aliphatic heterocycles. The first kappa shape index (κ1) is 32.7. The molecule has 0 saturated carbocycles. The molecule has 0 radical (unpaired) electrons. The zero-order valence-electron chi connectivity index (χ0n) is 23.6. The van der Waals surface area contributed by atoms with E-state index in [2.05, 4.69) is 5.32 Å². The maximum Gasteiger partial charge on any atom is 0.264 e. The molecule has 1 atom stereocenters. The largest absolute Gasteiger partial charge is 0.350 e. The number of hydrogen-bond acceptors (Lipinski definition) is 4. The summed E-state index contributed by atoms with van der Waals surface area (Å²) in [6.07, 6.45) is 0.262. The van der Waals surface area contributed by atoms with Crippen LogP contribution < -0.4 is 9.62 Å². The molecule has 3 rings (SSSR count). The zero-order valence-corrected chi connectivity index (χ0v) is 26.7. The van der Waals surface area contributed by atoms with Crippen LogP contribution in [0.1, 0.15) is 45.2 Å². The highest BCUT2D eigenvalue weighted by Gasteiger charge is 2.35. The number of hydrogen-bond donors (Lipinski definition) is 1. The fraction of sp³-hybridized carbons (Fsp3) is 0.333. The first-order chi connectivity index (χ1) is 19.1. The Bertz CT molecular complexity index is 1490. The van der Waals surface area contributed by atoms with Crippen molar-refractivity contribution in [1.29, 1.82) is 0 Å². The van der Waals surface area contributed by atoms with Crippen molar-refractivity contribution in [3.8, 4) is 0 Å². The molecule has 0 fully saturated rings. The molecule has 3 aromatic carbocycles. The monoisotopic (exact) mass is 637 g/mol. The summed E-state index contributed by atoms with van der Waals surface area (Å²) in [4.78, 5) is 28.9. The minimum atomic E-state index is -4.21. The molecule has 41 heavy (non-hydrogen) atoms. The lowest BCUT2D eigenvalue weighted by Gasteiger charge is -2.35. The van der Waals surface area contributed by atoms with E-state index < -0.39 is 34.1 Å². The topological polar surface area (TPSA) is 86.8 Å². The Morgan fingerprint density at radius 3 is 2.05 bits per heavy atom. The first-order valence-electron chi connectivity index (χ1n) is 13.0. The first-order valence-corrected chi connectivity index (χ1v) is 15.6. The fourth-order valence-corrected chi connectivity index (χ4v) is 6.33. The van der Waals surface area contributed by atoms with Crippen LogP contribution in [0.2, 0.25) is 15.1 Å². The Balaban J connectivity index is 2.12. The molecule has 7 nitrogen and oxygen atoms in total. The van der Waals surface area contributed by atoms with E-state index in [1.807, 2.05) is 27.7 Å². The molecule has 1 N–H and O–H groups in total. The van der Waals surface area contributed by atoms with Gasteiger partial charge in [-0.15, -0.1) is 0 Å². The normalized spacial score (nSPS) is 12.5. The molecule has 0 spiro atoms. The zero-order chi connectivity index (χ0) is 30.5. The van der Waals surface area contributed by atoms with Crippen molar-refractivity contribution in [3.63, 3.8) is 0 Å². The molecule has 2 amide bonds. The van der Waals surface area contributed by atoms with Crippen molar-refractivity contribution in [1.82, 2.24) is 10.2 Å². The highest BCUT2D eigenvalue weighted by atomic mass is 35.5. The van der Waals surface area contributed by atoms with Crippen molar-refractivity contribution < 1.29 is 18.0 Å². The van der Waals surface area contributed by atoms with Crippen molar-refractivity contribution >= 4 is 62.3 Å². The van der Waals surface area contributed by atoms with Gasteiger partial charge in [0.15, 0.2) is 0 Å². The molecule has 220 valence electrons. The third-order valence-corrected chi connectivity index (χ3v) is 8.99. The Kier molecular flexibility index (Phi) is 10.7. The van der Waals surface area contributed by atoms with Gasteiger partial charge < -0.3 is 10.2 Å². The summed E-state index contributed by atoms with van der Waals surface area (Å²) in [6.45, 7) is 8.43. The molecule has 0 aliphatic rings. The van der Waals surface area contributed by atoms with Gasteiger partial charge in [-0.1, -0.05) is 71.6 Å². The number of carbonyl (C=O) groups excluding carboxylic acids is 2. The van der Waals surface area contributed by atoms with Gasteiger partial charge in [0.25, 0.3) is 10.0 Å². The smallest absolute Gasteiger partial charge is 0.264 e. The van der Waals surface area contributed by atoms with Crippen LogP contribution in [0.25, 0.3) is 0 Å². The molecule has 0 aliphatic carbocycles. The number of carbonyl (C=O) groups is 2. The molecule has 0 aromatic heterocycles. The van der Waals surface area contributed by atoms with Crippen molar-refractivity contribution in [2.45, 2.75) is 64.1 Å². The lowest BCUT2D eigenvalue weighted by atomic mass is 10.1. The molecule has 0 saturated heterocycles. The average molecular weight is 639 g/mol. The van der Waals surface area contributed by atoms with Crippen LogP contribution in [0.3, 0.4) is 0 Å². The maximum absolute atomic E-state index is 14.2. The van der Waals surface area contributed by atoms with Gasteiger partial charge in [0.05, 0.1) is 10.6 Å². The van der Waals surface area contributed by atoms with E-state index in [4.69, 9.17) is 34.8 Å². The molecule has 0 unspecified atom stereocenters. The standard InChI is InChI=1S/C30H34Cl3N3O4S/c1-6-27(29(38)34-30(3,4)5)35(18-24-25(32)11-8-12-26(24)33)28(37)19-36(22-10-7-9-21(31)17-22)41(39,40)23-15-13-20(2)14-16-23/h7-17,27H,6,18-19H2,1-5H3,(H,34,38)/t27-/m0/s1. The number of halogens is 3. The Labute approximate surface area is 257 Å². The van der Waals surface area contributed by atoms with E-state index in [9.17, 15) is 18.0 Å². The van der Waals surface area contributed by atoms with Gasteiger partial charge in [-0.25, -0.2) is 8.42 Å². The average Bonchev–Trinajstić information content (AvgIpc) is 2.87. The van der Waals surface area contributed by atoms with E-state index >= 15 is 0 Å². The van der Waals surface area contributed by atoms with Gasteiger partial charge in [-0.05, 0) is 76.6 Å². The number of anilines is 1. The lowest BCUT2D eigenvalue weighted by Crippen LogP contribution is -2.55. The number of rotatable bonds is 10. The number of sulfonamides is 1. The maximum atomic E-state index is 14.2. The third kappa shape index (κ3) is 8.38. The summed E-state index contributed by atoms with van der Waals surface area (Å²) < 4.78 is 28.9. The minimum absolute atomic E-state index is 0.00842. The predicted molar refractivity (Wildman–Crippen MR) is 166 cm³/mol. The minimum Gasteiger partial charge on any atom is -0.350 e. The highest BCUT2D eigenvalue weighted by Crippen LogP contribution is 2.30. The molecule has 3 aromatic rings. The van der Waals surface area contributed by atoms with Crippen LogP contribution in [0.4, 0.5) is 5.69 Å². The summed E-state index contributed by atoms with van der Waals surface area (Å²) in [6, 6.07) is 16.6. The van der Waals surface area contributed by atoms with Crippen LogP contribution in [0.5, 0.6) is 0 Å². The number of nitrogens with zero attached hydrogens (tertiary/aromatic N) is 2. The summed E-state index contributed by atoms with van der Waals surface area (Å²) in [7, 11) is -4.21.